The maximum atomic E-state index is 13.3. The van der Waals surface area contributed by atoms with Gasteiger partial charge < -0.3 is 15.3 Å². The lowest BCUT2D eigenvalue weighted by Gasteiger charge is -2.29. The van der Waals surface area contributed by atoms with Gasteiger partial charge >= 0.3 is 12.1 Å². The number of halogens is 4. The fourth-order valence-corrected chi connectivity index (χ4v) is 6.54. The summed E-state index contributed by atoms with van der Waals surface area (Å²) in [5.74, 6) is -1.31. The summed E-state index contributed by atoms with van der Waals surface area (Å²) in [4.78, 5) is 16.9. The molecule has 3 heterocycles. The van der Waals surface area contributed by atoms with E-state index < -0.39 is 22.1 Å². The highest BCUT2D eigenvalue weighted by atomic mass is 79.9. The normalized spacial score (nSPS) is 13.5. The van der Waals surface area contributed by atoms with Gasteiger partial charge in [-0.15, -0.1) is 0 Å². The molecular weight excluding hydrogens is 677 g/mol. The van der Waals surface area contributed by atoms with Crippen molar-refractivity contribution in [3.63, 3.8) is 0 Å². The topological polar surface area (TPSA) is 129 Å². The van der Waals surface area contributed by atoms with Crippen molar-refractivity contribution in [2.75, 3.05) is 16.6 Å². The number of fused-ring (bicyclic) bond motifs is 2. The SMILES string of the molecule is O=C(N1CCc2ccc(S(=O)(=O)Nc3cccc(CNc4cc(-c5ccccc5O)nc5c(Br)cnn45)c3)cc2C1)C(F)(F)F. The van der Waals surface area contributed by atoms with Crippen molar-refractivity contribution >= 4 is 49.0 Å². The number of sulfonamides is 1. The molecule has 0 fully saturated rings. The number of nitrogens with one attached hydrogen (secondary N) is 2. The summed E-state index contributed by atoms with van der Waals surface area (Å²) < 4.78 is 70.2. The van der Waals surface area contributed by atoms with E-state index in [1.165, 1.54) is 12.1 Å². The molecule has 1 aliphatic heterocycles. The molecule has 45 heavy (non-hydrogen) atoms. The number of alkyl halides is 3. The molecule has 2 aromatic heterocycles. The number of benzene rings is 3. The van der Waals surface area contributed by atoms with Gasteiger partial charge in [0.15, 0.2) is 5.65 Å². The smallest absolute Gasteiger partial charge is 0.471 e. The van der Waals surface area contributed by atoms with E-state index in [2.05, 4.69) is 36.1 Å². The predicted octanol–water partition coefficient (Wildman–Crippen LogP) is 5.72. The van der Waals surface area contributed by atoms with Crippen LogP contribution in [0.2, 0.25) is 0 Å². The number of hydrogen-bond donors (Lipinski definition) is 3. The van der Waals surface area contributed by atoms with Crippen LogP contribution in [0.15, 0.2) is 88.4 Å². The Kier molecular flexibility index (Phi) is 7.91. The number of rotatable bonds is 7. The highest BCUT2D eigenvalue weighted by Crippen LogP contribution is 2.32. The molecule has 0 bridgehead atoms. The number of phenols is 1. The molecule has 0 spiro atoms. The number of amides is 1. The van der Waals surface area contributed by atoms with Crippen molar-refractivity contribution in [1.29, 1.82) is 0 Å². The number of phenolic OH excluding ortho intramolecular Hbond substituents is 1. The second kappa shape index (κ2) is 11.7. The zero-order chi connectivity index (χ0) is 31.9. The first-order valence-electron chi connectivity index (χ1n) is 13.6. The predicted molar refractivity (Wildman–Crippen MR) is 164 cm³/mol. The average Bonchev–Trinajstić information content (AvgIpc) is 3.39. The molecular formula is C30H24BrF3N6O4S. The number of aromatic nitrogens is 3. The van der Waals surface area contributed by atoms with Crippen molar-refractivity contribution in [1.82, 2.24) is 19.5 Å². The van der Waals surface area contributed by atoms with Gasteiger partial charge in [-0.25, -0.2) is 13.4 Å². The van der Waals surface area contributed by atoms with Crippen molar-refractivity contribution in [3.05, 3.63) is 100 Å². The number of carbonyl (C=O) groups excluding carboxylic acids is 1. The minimum atomic E-state index is -5.01. The van der Waals surface area contributed by atoms with Crippen LogP contribution in [0.3, 0.4) is 0 Å². The van der Waals surface area contributed by atoms with Crippen LogP contribution in [-0.2, 0) is 34.3 Å². The molecule has 0 aliphatic carbocycles. The third kappa shape index (κ3) is 6.31. The highest BCUT2D eigenvalue weighted by molar-refractivity contribution is 9.10. The molecule has 232 valence electrons. The molecule has 0 saturated carbocycles. The van der Waals surface area contributed by atoms with E-state index in [1.807, 2.05) is 0 Å². The number of anilines is 2. The van der Waals surface area contributed by atoms with E-state index in [1.54, 1.807) is 71.4 Å². The quantitative estimate of drug-likeness (QED) is 0.198. The standard InChI is InChI=1S/C30H24BrF3N6O4S/c31-24-16-36-40-27(14-25(37-28(24)40)23-6-1-2-7-26(23)41)35-15-18-4-3-5-21(12-18)38-45(43,44)22-9-8-19-10-11-39(17-20(19)13-22)29(42)30(32,33)34/h1-9,12-14,16,35,38,41H,10-11,15,17H2. The van der Waals surface area contributed by atoms with Crippen molar-refractivity contribution in [2.24, 2.45) is 0 Å². The van der Waals surface area contributed by atoms with Crippen LogP contribution < -0.4 is 10.0 Å². The lowest BCUT2D eigenvalue weighted by Crippen LogP contribution is -2.43. The maximum absolute atomic E-state index is 13.3. The molecule has 10 nitrogen and oxygen atoms in total. The van der Waals surface area contributed by atoms with Gasteiger partial charge in [0.1, 0.15) is 11.6 Å². The molecule has 3 aromatic carbocycles. The Hall–Kier alpha value is -4.63. The summed E-state index contributed by atoms with van der Waals surface area (Å²) in [5.41, 5.74) is 3.61. The van der Waals surface area contributed by atoms with Crippen molar-refractivity contribution in [2.45, 2.75) is 30.6 Å². The Bertz CT molecular complexity index is 2050. The van der Waals surface area contributed by atoms with Gasteiger partial charge in [-0.05, 0) is 75.4 Å². The van der Waals surface area contributed by atoms with Crippen LogP contribution in [0, 0.1) is 0 Å². The summed E-state index contributed by atoms with van der Waals surface area (Å²) in [6, 6.07) is 19.5. The van der Waals surface area contributed by atoms with Gasteiger partial charge in [0.25, 0.3) is 10.0 Å². The average molecular weight is 702 g/mol. The third-order valence-corrected chi connectivity index (χ3v) is 9.23. The number of aromatic hydroxyl groups is 1. The van der Waals surface area contributed by atoms with Crippen molar-refractivity contribution in [3.8, 4) is 17.0 Å². The minimum absolute atomic E-state index is 0.0713. The van der Waals surface area contributed by atoms with Crippen LogP contribution >= 0.6 is 15.9 Å². The van der Waals surface area contributed by atoms with Gasteiger partial charge in [0, 0.05) is 37.0 Å². The van der Waals surface area contributed by atoms with Crippen LogP contribution in [0.1, 0.15) is 16.7 Å². The zero-order valence-corrected chi connectivity index (χ0v) is 25.6. The molecule has 1 amide bonds. The monoisotopic (exact) mass is 700 g/mol. The molecule has 0 saturated heterocycles. The van der Waals surface area contributed by atoms with E-state index in [-0.39, 0.29) is 42.4 Å². The lowest BCUT2D eigenvalue weighted by molar-refractivity contribution is -0.186. The Morgan fingerprint density at radius 2 is 1.82 bits per heavy atom. The van der Waals surface area contributed by atoms with Gasteiger partial charge in [-0.3, -0.25) is 9.52 Å². The fourth-order valence-electron chi connectivity index (χ4n) is 5.09. The number of para-hydroxylation sites is 1. The Balaban J connectivity index is 1.20. The van der Waals surface area contributed by atoms with E-state index >= 15 is 0 Å². The number of carbonyl (C=O) groups is 1. The second-order valence-electron chi connectivity index (χ2n) is 10.3. The molecule has 6 rings (SSSR count). The van der Waals surface area contributed by atoms with E-state index in [0.29, 0.717) is 43.2 Å². The van der Waals surface area contributed by atoms with Crippen LogP contribution in [0.25, 0.3) is 16.9 Å². The molecule has 15 heteroatoms. The van der Waals surface area contributed by atoms with Gasteiger partial charge in [0.2, 0.25) is 0 Å². The molecule has 3 N–H and O–H groups in total. The molecule has 0 radical (unpaired) electrons. The first kappa shape index (κ1) is 30.4. The number of hydrogen-bond acceptors (Lipinski definition) is 7. The number of nitrogens with zero attached hydrogens (tertiary/aromatic N) is 4. The summed E-state index contributed by atoms with van der Waals surface area (Å²) >= 11 is 3.45. The minimum Gasteiger partial charge on any atom is -0.507 e. The fraction of sp³-hybridized carbons (Fsp3) is 0.167. The van der Waals surface area contributed by atoms with Gasteiger partial charge in [-0.2, -0.15) is 22.8 Å². The maximum Gasteiger partial charge on any atom is 0.471 e. The Labute approximate surface area is 263 Å². The first-order chi connectivity index (χ1) is 21.4. The Morgan fingerprint density at radius 1 is 1.02 bits per heavy atom. The zero-order valence-electron chi connectivity index (χ0n) is 23.2. The largest absolute Gasteiger partial charge is 0.507 e. The summed E-state index contributed by atoms with van der Waals surface area (Å²) in [6.45, 7) is -0.164. The molecule has 0 atom stereocenters. The van der Waals surface area contributed by atoms with Crippen molar-refractivity contribution < 1.29 is 31.5 Å². The van der Waals surface area contributed by atoms with Gasteiger partial charge in [0.05, 0.1) is 21.3 Å². The lowest BCUT2D eigenvalue weighted by atomic mass is 10.00. The van der Waals surface area contributed by atoms with Crippen LogP contribution in [0.4, 0.5) is 24.7 Å². The van der Waals surface area contributed by atoms with Crippen LogP contribution in [-0.4, -0.2) is 51.7 Å². The first-order valence-corrected chi connectivity index (χ1v) is 15.8. The molecule has 5 aromatic rings. The molecule has 1 aliphatic rings. The molecule has 0 unspecified atom stereocenters. The Morgan fingerprint density at radius 3 is 2.60 bits per heavy atom. The van der Waals surface area contributed by atoms with Gasteiger partial charge in [-0.1, -0.05) is 30.3 Å². The van der Waals surface area contributed by atoms with Crippen LogP contribution in [0.5, 0.6) is 5.75 Å². The van der Waals surface area contributed by atoms with E-state index in [9.17, 15) is 31.5 Å². The third-order valence-electron chi connectivity index (χ3n) is 7.29. The second-order valence-corrected chi connectivity index (χ2v) is 12.9. The summed E-state index contributed by atoms with van der Waals surface area (Å²) in [5, 5.41) is 18.0. The highest BCUT2D eigenvalue weighted by Gasteiger charge is 2.43. The van der Waals surface area contributed by atoms with E-state index in [4.69, 9.17) is 0 Å². The summed E-state index contributed by atoms with van der Waals surface area (Å²) in [6.07, 6.45) is -3.22. The summed E-state index contributed by atoms with van der Waals surface area (Å²) in [7, 11) is -4.11. The van der Waals surface area contributed by atoms with E-state index in [0.717, 1.165) is 5.56 Å².